The summed E-state index contributed by atoms with van der Waals surface area (Å²) in [6.07, 6.45) is 2.97. The predicted molar refractivity (Wildman–Crippen MR) is 87.6 cm³/mol. The second-order valence-corrected chi connectivity index (χ2v) is 7.73. The van der Waals surface area contributed by atoms with Gasteiger partial charge in [-0.15, -0.1) is 11.6 Å². The van der Waals surface area contributed by atoms with Crippen molar-refractivity contribution in [2.24, 2.45) is 0 Å². The van der Waals surface area contributed by atoms with Crippen LogP contribution in [0.15, 0.2) is 23.1 Å². The number of rotatable bonds is 4. The van der Waals surface area contributed by atoms with Crippen LogP contribution >= 0.6 is 11.6 Å². The van der Waals surface area contributed by atoms with Crippen molar-refractivity contribution in [3.63, 3.8) is 0 Å². The molecule has 0 spiro atoms. The molecule has 1 aromatic carbocycles. The molecule has 120 valence electrons. The Hall–Kier alpha value is -1.11. The van der Waals surface area contributed by atoms with Crippen molar-refractivity contribution < 1.29 is 8.42 Å². The molecule has 1 aliphatic rings. The lowest BCUT2D eigenvalue weighted by atomic mass is 10.2. The Morgan fingerprint density at radius 2 is 1.95 bits per heavy atom. The van der Waals surface area contributed by atoms with Crippen molar-refractivity contribution in [1.82, 2.24) is 13.9 Å². The summed E-state index contributed by atoms with van der Waals surface area (Å²) in [5.74, 6) is 1.09. The fourth-order valence-electron chi connectivity index (χ4n) is 3.03. The second kappa shape index (κ2) is 6.18. The van der Waals surface area contributed by atoms with Gasteiger partial charge in [0.25, 0.3) is 0 Å². The average Bonchev–Trinajstić information content (AvgIpc) is 2.92. The van der Waals surface area contributed by atoms with Gasteiger partial charge in [0.15, 0.2) is 0 Å². The molecule has 0 saturated carbocycles. The van der Waals surface area contributed by atoms with E-state index in [9.17, 15) is 8.42 Å². The number of aromatic nitrogens is 2. The summed E-state index contributed by atoms with van der Waals surface area (Å²) in [5, 5.41) is 0. The topological polar surface area (TPSA) is 55.2 Å². The van der Waals surface area contributed by atoms with Crippen LogP contribution in [-0.4, -0.2) is 35.4 Å². The largest absolute Gasteiger partial charge is 0.327 e. The Balaban J connectivity index is 2.04. The number of imidazole rings is 1. The number of hydrogen-bond acceptors (Lipinski definition) is 3. The van der Waals surface area contributed by atoms with Gasteiger partial charge in [-0.2, -0.15) is 4.31 Å². The standard InChI is InChI=1S/C15H20ClN3O2S/c1-2-19-14-7-6-12(10-13(14)17-15(19)11-16)22(20,21)18-8-4-3-5-9-18/h6-7,10H,2-5,8-9,11H2,1H3. The van der Waals surface area contributed by atoms with Gasteiger partial charge in [0.2, 0.25) is 10.0 Å². The first-order chi connectivity index (χ1) is 10.6. The van der Waals surface area contributed by atoms with Crippen molar-refractivity contribution in [2.75, 3.05) is 13.1 Å². The fourth-order valence-corrected chi connectivity index (χ4v) is 4.77. The van der Waals surface area contributed by atoms with E-state index in [1.807, 2.05) is 17.6 Å². The van der Waals surface area contributed by atoms with Gasteiger partial charge in [0.1, 0.15) is 5.82 Å². The maximum absolute atomic E-state index is 12.7. The van der Waals surface area contributed by atoms with E-state index in [-0.39, 0.29) is 0 Å². The third-order valence-corrected chi connectivity index (χ3v) is 6.32. The summed E-state index contributed by atoms with van der Waals surface area (Å²) in [6, 6.07) is 5.18. The van der Waals surface area contributed by atoms with Gasteiger partial charge in [-0.25, -0.2) is 13.4 Å². The molecule has 5 nitrogen and oxygen atoms in total. The van der Waals surface area contributed by atoms with Gasteiger partial charge in [0.05, 0.1) is 21.8 Å². The minimum Gasteiger partial charge on any atom is -0.327 e. The Morgan fingerprint density at radius 1 is 1.23 bits per heavy atom. The van der Waals surface area contributed by atoms with E-state index in [1.165, 1.54) is 0 Å². The number of fused-ring (bicyclic) bond motifs is 1. The normalized spacial score (nSPS) is 17.2. The molecular weight excluding hydrogens is 322 g/mol. The predicted octanol–water partition coefficient (Wildman–Crippen LogP) is 2.97. The smallest absolute Gasteiger partial charge is 0.243 e. The average molecular weight is 342 g/mol. The zero-order valence-corrected chi connectivity index (χ0v) is 14.2. The first kappa shape index (κ1) is 15.8. The van der Waals surface area contributed by atoms with Crippen LogP contribution in [0.2, 0.25) is 0 Å². The summed E-state index contributed by atoms with van der Waals surface area (Å²) >= 11 is 5.92. The Kier molecular flexibility index (Phi) is 4.43. The molecule has 2 aromatic rings. The molecule has 1 aliphatic heterocycles. The Labute approximate surface area is 135 Å². The fraction of sp³-hybridized carbons (Fsp3) is 0.533. The molecule has 1 fully saturated rings. The van der Waals surface area contributed by atoms with Gasteiger partial charge in [-0.3, -0.25) is 0 Å². The van der Waals surface area contributed by atoms with Crippen LogP contribution < -0.4 is 0 Å². The molecule has 0 radical (unpaired) electrons. The molecule has 22 heavy (non-hydrogen) atoms. The molecule has 0 N–H and O–H groups in total. The van der Waals surface area contributed by atoms with Crippen LogP contribution in [0.1, 0.15) is 32.0 Å². The van der Waals surface area contributed by atoms with Crippen molar-refractivity contribution >= 4 is 32.7 Å². The number of nitrogens with zero attached hydrogens (tertiary/aromatic N) is 3. The molecule has 3 rings (SSSR count). The molecular formula is C15H20ClN3O2S. The number of aryl methyl sites for hydroxylation is 1. The highest BCUT2D eigenvalue weighted by Crippen LogP contribution is 2.25. The monoisotopic (exact) mass is 341 g/mol. The van der Waals surface area contributed by atoms with E-state index in [0.717, 1.165) is 37.1 Å². The van der Waals surface area contributed by atoms with E-state index < -0.39 is 10.0 Å². The van der Waals surface area contributed by atoms with E-state index in [4.69, 9.17) is 11.6 Å². The van der Waals surface area contributed by atoms with Gasteiger partial charge >= 0.3 is 0 Å². The molecule has 2 heterocycles. The summed E-state index contributed by atoms with van der Waals surface area (Å²) in [7, 11) is -3.42. The zero-order valence-electron chi connectivity index (χ0n) is 12.6. The lowest BCUT2D eigenvalue weighted by Gasteiger charge is -2.25. The summed E-state index contributed by atoms with van der Waals surface area (Å²) in [4.78, 5) is 4.79. The highest BCUT2D eigenvalue weighted by atomic mass is 35.5. The quantitative estimate of drug-likeness (QED) is 0.803. The summed E-state index contributed by atoms with van der Waals surface area (Å²) < 4.78 is 29.0. The molecule has 1 aromatic heterocycles. The molecule has 0 atom stereocenters. The Bertz CT molecular complexity index is 779. The number of halogens is 1. The van der Waals surface area contributed by atoms with Crippen LogP contribution in [-0.2, 0) is 22.4 Å². The van der Waals surface area contributed by atoms with E-state index >= 15 is 0 Å². The van der Waals surface area contributed by atoms with Crippen LogP contribution in [0.5, 0.6) is 0 Å². The maximum atomic E-state index is 12.7. The van der Waals surface area contributed by atoms with Crippen molar-refractivity contribution in [2.45, 2.75) is 43.5 Å². The molecule has 1 saturated heterocycles. The first-order valence-corrected chi connectivity index (χ1v) is 9.60. The second-order valence-electron chi connectivity index (χ2n) is 5.52. The van der Waals surface area contributed by atoms with Crippen molar-refractivity contribution in [3.05, 3.63) is 24.0 Å². The minimum absolute atomic E-state index is 0.316. The van der Waals surface area contributed by atoms with Crippen LogP contribution in [0.3, 0.4) is 0 Å². The van der Waals surface area contributed by atoms with E-state index in [0.29, 0.717) is 29.4 Å². The third kappa shape index (κ3) is 2.64. The molecule has 0 unspecified atom stereocenters. The highest BCUT2D eigenvalue weighted by molar-refractivity contribution is 7.89. The van der Waals surface area contributed by atoms with Crippen molar-refractivity contribution in [1.29, 1.82) is 0 Å². The summed E-state index contributed by atoms with van der Waals surface area (Å²) in [5.41, 5.74) is 1.62. The molecule has 7 heteroatoms. The maximum Gasteiger partial charge on any atom is 0.243 e. The Morgan fingerprint density at radius 3 is 2.59 bits per heavy atom. The third-order valence-electron chi connectivity index (χ3n) is 4.19. The first-order valence-electron chi connectivity index (χ1n) is 7.63. The number of benzene rings is 1. The van der Waals surface area contributed by atoms with Crippen molar-refractivity contribution in [3.8, 4) is 0 Å². The van der Waals surface area contributed by atoms with E-state index in [1.54, 1.807) is 16.4 Å². The van der Waals surface area contributed by atoms with Gasteiger partial charge in [-0.05, 0) is 38.0 Å². The summed E-state index contributed by atoms with van der Waals surface area (Å²) in [6.45, 7) is 4.00. The lowest BCUT2D eigenvalue weighted by molar-refractivity contribution is 0.346. The molecule has 0 aliphatic carbocycles. The van der Waals surface area contributed by atoms with E-state index in [2.05, 4.69) is 4.98 Å². The molecule has 0 amide bonds. The van der Waals surface area contributed by atoms with Crippen LogP contribution in [0.4, 0.5) is 0 Å². The lowest BCUT2D eigenvalue weighted by Crippen LogP contribution is -2.35. The van der Waals surface area contributed by atoms with Crippen LogP contribution in [0, 0.1) is 0 Å². The van der Waals surface area contributed by atoms with Crippen LogP contribution in [0.25, 0.3) is 11.0 Å². The SMILES string of the molecule is CCn1c(CCl)nc2cc(S(=O)(=O)N3CCCCC3)ccc21. The number of alkyl halides is 1. The number of sulfonamides is 1. The highest BCUT2D eigenvalue weighted by Gasteiger charge is 2.26. The van der Waals surface area contributed by atoms with Gasteiger partial charge < -0.3 is 4.57 Å². The molecule has 0 bridgehead atoms. The van der Waals surface area contributed by atoms with Gasteiger partial charge in [-0.1, -0.05) is 6.42 Å². The minimum atomic E-state index is -3.42. The van der Waals surface area contributed by atoms with Gasteiger partial charge in [0, 0.05) is 19.6 Å². The number of piperidine rings is 1. The number of hydrogen-bond donors (Lipinski definition) is 0. The zero-order chi connectivity index (χ0) is 15.7.